The minimum atomic E-state index is 0.401. The molecule has 0 amide bonds. The molecule has 1 fully saturated rings. The molecule has 2 nitrogen and oxygen atoms in total. The number of hydrogen-bond donors (Lipinski definition) is 2. The van der Waals surface area contributed by atoms with Gasteiger partial charge in [0.15, 0.2) is 0 Å². The molecule has 0 radical (unpaired) electrons. The maximum atomic E-state index is 6.34. The van der Waals surface area contributed by atoms with Crippen molar-refractivity contribution in [3.05, 3.63) is 0 Å². The van der Waals surface area contributed by atoms with Gasteiger partial charge in [0.2, 0.25) is 0 Å². The van der Waals surface area contributed by atoms with E-state index in [4.69, 9.17) is 5.73 Å². The molecule has 1 saturated carbocycles. The van der Waals surface area contributed by atoms with Gasteiger partial charge in [0, 0.05) is 6.04 Å². The first-order valence-electron chi connectivity index (χ1n) is 7.07. The minimum Gasteiger partial charge on any atom is -0.327 e. The van der Waals surface area contributed by atoms with Crippen LogP contribution in [0.1, 0.15) is 52.4 Å². The Morgan fingerprint density at radius 2 is 1.88 bits per heavy atom. The highest BCUT2D eigenvalue weighted by Gasteiger charge is 2.23. The Morgan fingerprint density at radius 3 is 2.50 bits per heavy atom. The first kappa shape index (κ1) is 14.0. The third-order valence-corrected chi connectivity index (χ3v) is 4.34. The van der Waals surface area contributed by atoms with Gasteiger partial charge in [0.25, 0.3) is 0 Å². The molecule has 0 heterocycles. The molecule has 0 bridgehead atoms. The fourth-order valence-electron chi connectivity index (χ4n) is 3.03. The van der Waals surface area contributed by atoms with Crippen molar-refractivity contribution >= 4 is 0 Å². The Morgan fingerprint density at radius 1 is 1.19 bits per heavy atom. The smallest absolute Gasteiger partial charge is 0.00818 e. The van der Waals surface area contributed by atoms with Crippen LogP contribution in [-0.4, -0.2) is 19.6 Å². The molecule has 0 aliphatic heterocycles. The molecule has 0 aromatic heterocycles. The van der Waals surface area contributed by atoms with E-state index in [2.05, 4.69) is 19.2 Å². The van der Waals surface area contributed by atoms with Crippen molar-refractivity contribution in [1.82, 2.24) is 5.32 Å². The van der Waals surface area contributed by atoms with Crippen molar-refractivity contribution < 1.29 is 0 Å². The van der Waals surface area contributed by atoms with E-state index >= 15 is 0 Å². The molecular weight excluding hydrogens is 196 g/mol. The Labute approximate surface area is 101 Å². The van der Waals surface area contributed by atoms with Crippen molar-refractivity contribution in [2.75, 3.05) is 13.6 Å². The van der Waals surface area contributed by atoms with E-state index in [-0.39, 0.29) is 0 Å². The van der Waals surface area contributed by atoms with Crippen LogP contribution in [0.25, 0.3) is 0 Å². The van der Waals surface area contributed by atoms with Gasteiger partial charge >= 0.3 is 0 Å². The van der Waals surface area contributed by atoms with Crippen LogP contribution in [0.3, 0.4) is 0 Å². The predicted molar refractivity (Wildman–Crippen MR) is 71.4 cm³/mol. The highest BCUT2D eigenvalue weighted by Crippen LogP contribution is 2.29. The van der Waals surface area contributed by atoms with Crippen LogP contribution in [0.4, 0.5) is 0 Å². The summed E-state index contributed by atoms with van der Waals surface area (Å²) in [5.74, 6) is 2.42. The summed E-state index contributed by atoms with van der Waals surface area (Å²) in [7, 11) is 2.04. The van der Waals surface area contributed by atoms with Crippen LogP contribution in [0.15, 0.2) is 0 Å². The summed E-state index contributed by atoms with van der Waals surface area (Å²) < 4.78 is 0. The SMILES string of the molecule is CC[C@@H]1CCC(C)CC(N)C(CNC)CC1. The van der Waals surface area contributed by atoms with Gasteiger partial charge in [0.1, 0.15) is 0 Å². The standard InChI is InChI=1S/C14H30N2/c1-4-12-6-5-11(2)9-14(15)13(8-7-12)10-16-3/h11-14,16H,4-10,15H2,1-3H3/t11?,12-,13?,14?/m1/s1. The number of nitrogens with one attached hydrogen (secondary N) is 1. The molecule has 0 spiro atoms. The molecule has 1 rings (SSSR count). The highest BCUT2D eigenvalue weighted by molar-refractivity contribution is 4.80. The number of hydrogen-bond acceptors (Lipinski definition) is 2. The van der Waals surface area contributed by atoms with Crippen LogP contribution >= 0.6 is 0 Å². The molecule has 0 aromatic rings. The second-order valence-electron chi connectivity index (χ2n) is 5.75. The van der Waals surface area contributed by atoms with Crippen LogP contribution in [0, 0.1) is 17.8 Å². The predicted octanol–water partition coefficient (Wildman–Crippen LogP) is 2.78. The monoisotopic (exact) mass is 226 g/mol. The van der Waals surface area contributed by atoms with Crippen LogP contribution in [0.5, 0.6) is 0 Å². The van der Waals surface area contributed by atoms with E-state index in [1.165, 1.54) is 38.5 Å². The zero-order valence-corrected chi connectivity index (χ0v) is 11.3. The molecule has 1 aliphatic carbocycles. The Kier molecular flexibility index (Phi) is 6.37. The van der Waals surface area contributed by atoms with Gasteiger partial charge in [0.05, 0.1) is 0 Å². The van der Waals surface area contributed by atoms with E-state index in [1.54, 1.807) is 0 Å². The largest absolute Gasteiger partial charge is 0.327 e. The fourth-order valence-corrected chi connectivity index (χ4v) is 3.03. The normalized spacial score (nSPS) is 37.5. The van der Waals surface area contributed by atoms with Crippen molar-refractivity contribution in [3.8, 4) is 0 Å². The summed E-state index contributed by atoms with van der Waals surface area (Å²) in [5, 5.41) is 3.30. The van der Waals surface area contributed by atoms with Gasteiger partial charge in [-0.25, -0.2) is 0 Å². The topological polar surface area (TPSA) is 38.0 Å². The lowest BCUT2D eigenvalue weighted by molar-refractivity contribution is 0.325. The lowest BCUT2D eigenvalue weighted by Crippen LogP contribution is -2.37. The Balaban J connectivity index is 2.56. The fraction of sp³-hybridized carbons (Fsp3) is 1.00. The molecule has 4 atom stereocenters. The molecule has 96 valence electrons. The molecule has 16 heavy (non-hydrogen) atoms. The summed E-state index contributed by atoms with van der Waals surface area (Å²) >= 11 is 0. The van der Waals surface area contributed by atoms with Crippen molar-refractivity contribution in [3.63, 3.8) is 0 Å². The molecule has 1 aliphatic rings. The van der Waals surface area contributed by atoms with Gasteiger partial charge in [-0.1, -0.05) is 39.5 Å². The molecule has 0 aromatic carbocycles. The lowest BCUT2D eigenvalue weighted by atomic mass is 9.88. The average molecular weight is 226 g/mol. The first-order valence-corrected chi connectivity index (χ1v) is 7.07. The molecule has 2 heteroatoms. The Hall–Kier alpha value is -0.0800. The third-order valence-electron chi connectivity index (χ3n) is 4.34. The maximum Gasteiger partial charge on any atom is 0.00818 e. The maximum absolute atomic E-state index is 6.34. The van der Waals surface area contributed by atoms with E-state index < -0.39 is 0 Å². The minimum absolute atomic E-state index is 0.401. The number of nitrogens with two attached hydrogens (primary N) is 1. The average Bonchev–Trinajstić information content (AvgIpc) is 2.32. The molecule has 3 unspecified atom stereocenters. The van der Waals surface area contributed by atoms with Gasteiger partial charge in [-0.3, -0.25) is 0 Å². The van der Waals surface area contributed by atoms with Gasteiger partial charge in [-0.05, 0) is 44.2 Å². The van der Waals surface area contributed by atoms with Gasteiger partial charge in [-0.15, -0.1) is 0 Å². The lowest BCUT2D eigenvalue weighted by Gasteiger charge is -2.25. The number of rotatable bonds is 3. The van der Waals surface area contributed by atoms with Crippen LogP contribution in [-0.2, 0) is 0 Å². The summed E-state index contributed by atoms with van der Waals surface area (Å²) in [6.45, 7) is 5.79. The van der Waals surface area contributed by atoms with E-state index in [1.807, 2.05) is 7.05 Å². The zero-order chi connectivity index (χ0) is 12.0. The third kappa shape index (κ3) is 4.42. The molecule has 3 N–H and O–H groups in total. The highest BCUT2D eigenvalue weighted by atomic mass is 14.8. The zero-order valence-electron chi connectivity index (χ0n) is 11.3. The van der Waals surface area contributed by atoms with Crippen LogP contribution in [0.2, 0.25) is 0 Å². The summed E-state index contributed by atoms with van der Waals surface area (Å²) in [5.41, 5.74) is 6.34. The van der Waals surface area contributed by atoms with E-state index in [0.717, 1.165) is 18.4 Å². The Bertz CT molecular complexity index is 182. The quantitative estimate of drug-likeness (QED) is 0.776. The summed E-state index contributed by atoms with van der Waals surface area (Å²) in [6, 6.07) is 0.401. The molecule has 0 saturated heterocycles. The summed E-state index contributed by atoms with van der Waals surface area (Å²) in [6.07, 6.45) is 8.03. The van der Waals surface area contributed by atoms with E-state index in [9.17, 15) is 0 Å². The summed E-state index contributed by atoms with van der Waals surface area (Å²) in [4.78, 5) is 0. The van der Waals surface area contributed by atoms with Gasteiger partial charge in [-0.2, -0.15) is 0 Å². The van der Waals surface area contributed by atoms with Crippen LogP contribution < -0.4 is 11.1 Å². The second-order valence-corrected chi connectivity index (χ2v) is 5.75. The van der Waals surface area contributed by atoms with Crippen molar-refractivity contribution in [2.45, 2.75) is 58.4 Å². The molecular formula is C14H30N2. The van der Waals surface area contributed by atoms with E-state index in [0.29, 0.717) is 12.0 Å². The van der Waals surface area contributed by atoms with Gasteiger partial charge < -0.3 is 11.1 Å². The second kappa shape index (κ2) is 7.29. The van der Waals surface area contributed by atoms with Crippen molar-refractivity contribution in [1.29, 1.82) is 0 Å². The van der Waals surface area contributed by atoms with Crippen molar-refractivity contribution in [2.24, 2.45) is 23.5 Å². The first-order chi connectivity index (χ1) is 7.67.